The topological polar surface area (TPSA) is 121 Å². The van der Waals surface area contributed by atoms with Gasteiger partial charge in [0, 0.05) is 18.1 Å². The number of hydrogen-bond acceptors (Lipinski definition) is 10. The molecule has 38 heavy (non-hydrogen) atoms. The second kappa shape index (κ2) is 19.5. The summed E-state index contributed by atoms with van der Waals surface area (Å²) >= 11 is 18.2. The molecule has 0 saturated carbocycles. The Balaban J connectivity index is 1.98. The zero-order valence-corrected chi connectivity index (χ0v) is 23.6. The number of halogens is 3. The quantitative estimate of drug-likeness (QED) is 0.406. The smallest absolute Gasteiger partial charge is 0.267 e. The van der Waals surface area contributed by atoms with Gasteiger partial charge in [-0.3, -0.25) is 4.79 Å². The fourth-order valence-electron chi connectivity index (χ4n) is 2.96. The molecule has 0 radical (unpaired) electrons. The number of azo groups is 1. The summed E-state index contributed by atoms with van der Waals surface area (Å²) in [5.41, 5.74) is 0.184. The van der Waals surface area contributed by atoms with Crippen molar-refractivity contribution in [2.24, 2.45) is 10.2 Å². The monoisotopic (exact) mass is 597 g/mol. The molecule has 0 aliphatic carbocycles. The number of carbonyl (C=O) groups is 1. The van der Waals surface area contributed by atoms with E-state index in [4.69, 9.17) is 63.2 Å². The standard InChI is InChI=1S/C24H34Cl3N3O8/c1-18(28-29-21-17-19(25)16-20(26)23(21)31)22(27)24(32)30-2-4-33-6-8-35-10-12-37-14-15-38-13-11-36-9-7-34-5-3-30/h16-17,31H,2-15H2,1H3/b22-18+,29-28?. The fourth-order valence-corrected chi connectivity index (χ4v) is 3.60. The van der Waals surface area contributed by atoms with E-state index in [1.807, 2.05) is 0 Å². The summed E-state index contributed by atoms with van der Waals surface area (Å²) in [6.07, 6.45) is 0. The highest BCUT2D eigenvalue weighted by atomic mass is 35.5. The Kier molecular flexibility index (Phi) is 16.8. The van der Waals surface area contributed by atoms with Crippen LogP contribution >= 0.6 is 34.8 Å². The number of aromatic hydroxyl groups is 1. The predicted octanol–water partition coefficient (Wildman–Crippen LogP) is 4.19. The molecule has 1 amide bonds. The minimum absolute atomic E-state index is 0.0256. The van der Waals surface area contributed by atoms with Gasteiger partial charge in [-0.25, -0.2) is 0 Å². The van der Waals surface area contributed by atoms with Crippen molar-refractivity contribution in [3.8, 4) is 5.75 Å². The summed E-state index contributed by atoms with van der Waals surface area (Å²) in [5, 5.41) is 18.1. The number of hydrogen-bond donors (Lipinski definition) is 1. The highest BCUT2D eigenvalue weighted by Crippen LogP contribution is 2.37. The van der Waals surface area contributed by atoms with Crippen LogP contribution in [0, 0.1) is 0 Å². The fraction of sp³-hybridized carbons (Fsp3) is 0.625. The van der Waals surface area contributed by atoms with Crippen molar-refractivity contribution in [3.05, 3.63) is 32.9 Å². The highest BCUT2D eigenvalue weighted by molar-refractivity contribution is 6.42. The Morgan fingerprint density at radius 1 is 0.789 bits per heavy atom. The Labute approximate surface area is 237 Å². The maximum Gasteiger partial charge on any atom is 0.267 e. The Morgan fingerprint density at radius 2 is 1.21 bits per heavy atom. The summed E-state index contributed by atoms with van der Waals surface area (Å²) < 4.78 is 33.0. The van der Waals surface area contributed by atoms with E-state index in [1.54, 1.807) is 0 Å². The molecule has 0 unspecified atom stereocenters. The average Bonchev–Trinajstić information content (AvgIpc) is 2.90. The third-order valence-corrected chi connectivity index (χ3v) is 5.92. The molecular formula is C24H34Cl3N3O8. The summed E-state index contributed by atoms with van der Waals surface area (Å²) in [6, 6.07) is 2.76. The van der Waals surface area contributed by atoms with E-state index in [0.29, 0.717) is 66.1 Å². The maximum absolute atomic E-state index is 13.1. The van der Waals surface area contributed by atoms with Crippen molar-refractivity contribution in [3.63, 3.8) is 0 Å². The van der Waals surface area contributed by atoms with Crippen LogP contribution in [0.25, 0.3) is 0 Å². The van der Waals surface area contributed by atoms with E-state index in [1.165, 1.54) is 24.0 Å². The number of carbonyl (C=O) groups excluding carboxylic acids is 1. The van der Waals surface area contributed by atoms with E-state index >= 15 is 0 Å². The Bertz CT molecular complexity index is 898. The van der Waals surface area contributed by atoms with Gasteiger partial charge in [0.25, 0.3) is 5.91 Å². The zero-order chi connectivity index (χ0) is 27.6. The first-order chi connectivity index (χ1) is 18.4. The first-order valence-electron chi connectivity index (χ1n) is 12.1. The molecule has 1 fully saturated rings. The minimum Gasteiger partial charge on any atom is -0.504 e. The van der Waals surface area contributed by atoms with Crippen LogP contribution in [-0.4, -0.2) is 108 Å². The molecule has 1 aliphatic heterocycles. The van der Waals surface area contributed by atoms with Gasteiger partial charge in [-0.05, 0) is 19.1 Å². The summed E-state index contributed by atoms with van der Waals surface area (Å²) in [6.45, 7) is 6.92. The third-order valence-electron chi connectivity index (χ3n) is 4.98. The minimum atomic E-state index is -0.469. The number of rotatable bonds is 3. The molecule has 1 aliphatic rings. The number of amides is 1. The van der Waals surface area contributed by atoms with Crippen molar-refractivity contribution in [1.82, 2.24) is 4.90 Å². The molecule has 0 bridgehead atoms. The maximum atomic E-state index is 13.1. The molecule has 0 spiro atoms. The first-order valence-corrected chi connectivity index (χ1v) is 13.3. The molecular weight excluding hydrogens is 565 g/mol. The first kappa shape index (κ1) is 32.7. The largest absolute Gasteiger partial charge is 0.504 e. The van der Waals surface area contributed by atoms with E-state index in [2.05, 4.69) is 10.2 Å². The molecule has 1 heterocycles. The summed E-state index contributed by atoms with van der Waals surface area (Å²) in [7, 11) is 0. The van der Waals surface area contributed by atoms with Crippen LogP contribution < -0.4 is 0 Å². The summed E-state index contributed by atoms with van der Waals surface area (Å²) in [5.74, 6) is -0.754. The van der Waals surface area contributed by atoms with Gasteiger partial charge < -0.3 is 38.4 Å². The molecule has 1 aromatic rings. The second-order valence-electron chi connectivity index (χ2n) is 7.82. The number of phenolic OH excluding ortho intramolecular Hbond substituents is 1. The van der Waals surface area contributed by atoms with Gasteiger partial charge in [0.1, 0.15) is 10.7 Å². The highest BCUT2D eigenvalue weighted by Gasteiger charge is 2.19. The van der Waals surface area contributed by atoms with Gasteiger partial charge in [0.05, 0.1) is 90.0 Å². The van der Waals surface area contributed by atoms with E-state index in [0.717, 1.165) is 0 Å². The number of benzene rings is 1. The van der Waals surface area contributed by atoms with Gasteiger partial charge >= 0.3 is 0 Å². The molecule has 11 nitrogen and oxygen atoms in total. The van der Waals surface area contributed by atoms with Gasteiger partial charge in [0.2, 0.25) is 0 Å². The summed E-state index contributed by atoms with van der Waals surface area (Å²) in [4.78, 5) is 14.6. The van der Waals surface area contributed by atoms with Crippen LogP contribution in [-0.2, 0) is 33.2 Å². The van der Waals surface area contributed by atoms with Crippen LogP contribution in [0.3, 0.4) is 0 Å². The molecule has 1 N–H and O–H groups in total. The van der Waals surface area contributed by atoms with Crippen LogP contribution in [0.4, 0.5) is 5.69 Å². The average molecular weight is 599 g/mol. The predicted molar refractivity (Wildman–Crippen MR) is 143 cm³/mol. The molecule has 0 atom stereocenters. The molecule has 214 valence electrons. The Morgan fingerprint density at radius 3 is 1.66 bits per heavy atom. The van der Waals surface area contributed by atoms with Crippen molar-refractivity contribution < 1.29 is 38.3 Å². The number of nitrogens with zero attached hydrogens (tertiary/aromatic N) is 3. The lowest BCUT2D eigenvalue weighted by molar-refractivity contribution is -0.128. The van der Waals surface area contributed by atoms with E-state index in [9.17, 15) is 9.90 Å². The van der Waals surface area contributed by atoms with Gasteiger partial charge in [-0.2, -0.15) is 5.11 Å². The zero-order valence-electron chi connectivity index (χ0n) is 21.3. The van der Waals surface area contributed by atoms with Crippen molar-refractivity contribution in [2.75, 3.05) is 92.4 Å². The number of ether oxygens (including phenoxy) is 6. The lowest BCUT2D eigenvalue weighted by atomic mass is 10.3. The number of allylic oxidation sites excluding steroid dienone is 1. The van der Waals surface area contributed by atoms with Crippen LogP contribution in [0.2, 0.25) is 10.0 Å². The normalized spacial score (nSPS) is 19.5. The van der Waals surface area contributed by atoms with Gasteiger partial charge in [0.15, 0.2) is 5.75 Å². The lowest BCUT2D eigenvalue weighted by Gasteiger charge is -2.22. The van der Waals surface area contributed by atoms with Gasteiger partial charge in [-0.15, -0.1) is 5.11 Å². The number of phenols is 1. The van der Waals surface area contributed by atoms with Crippen molar-refractivity contribution in [2.45, 2.75) is 6.92 Å². The third kappa shape index (κ3) is 13.0. The lowest BCUT2D eigenvalue weighted by Crippen LogP contribution is -2.37. The molecule has 1 saturated heterocycles. The van der Waals surface area contributed by atoms with Crippen LogP contribution in [0.5, 0.6) is 5.75 Å². The SMILES string of the molecule is C/C(N=Nc1cc(Cl)cc(Cl)c1O)=C(\Cl)C(=O)N1CCOCCOCCOCCOCCOCCOCC1. The second-order valence-corrected chi connectivity index (χ2v) is 9.04. The van der Waals surface area contributed by atoms with Crippen LogP contribution in [0.1, 0.15) is 6.92 Å². The Hall–Kier alpha value is -1.54. The molecule has 2 rings (SSSR count). The molecule has 14 heteroatoms. The van der Waals surface area contributed by atoms with Crippen LogP contribution in [0.15, 0.2) is 33.1 Å². The molecule has 0 aromatic heterocycles. The van der Waals surface area contributed by atoms with Gasteiger partial charge in [-0.1, -0.05) is 34.8 Å². The molecule has 1 aromatic carbocycles. The van der Waals surface area contributed by atoms with E-state index < -0.39 is 5.91 Å². The van der Waals surface area contributed by atoms with E-state index in [-0.39, 0.29) is 58.5 Å². The van der Waals surface area contributed by atoms with Crippen molar-refractivity contribution in [1.29, 1.82) is 0 Å². The van der Waals surface area contributed by atoms with Crippen molar-refractivity contribution >= 4 is 46.4 Å².